The number of methoxy groups -OCH3 is 2. The number of hydrogen-bond acceptors (Lipinski definition) is 3. The van der Waals surface area contributed by atoms with Gasteiger partial charge in [0.1, 0.15) is 11.5 Å². The molecule has 1 N–H and O–H groups in total. The number of benzene rings is 2. The molecule has 0 aliphatic rings. The van der Waals surface area contributed by atoms with E-state index in [1.54, 1.807) is 14.2 Å². The van der Waals surface area contributed by atoms with E-state index in [0.717, 1.165) is 28.1 Å². The summed E-state index contributed by atoms with van der Waals surface area (Å²) in [5.41, 5.74) is 2.32. The van der Waals surface area contributed by atoms with E-state index < -0.39 is 0 Å². The van der Waals surface area contributed by atoms with Gasteiger partial charge in [0.15, 0.2) is 0 Å². The molecule has 2 aromatic carbocycles. The Morgan fingerprint density at radius 2 is 1.52 bits per heavy atom. The molecule has 2 rings (SSSR count). The summed E-state index contributed by atoms with van der Waals surface area (Å²) in [6.45, 7) is 2.98. The van der Waals surface area contributed by atoms with Crippen molar-refractivity contribution < 1.29 is 9.47 Å². The van der Waals surface area contributed by atoms with Gasteiger partial charge in [-0.05, 0) is 41.9 Å². The van der Waals surface area contributed by atoms with Crippen molar-refractivity contribution in [1.29, 1.82) is 0 Å². The first-order valence-corrected chi connectivity index (χ1v) is 7.69. The monoisotopic (exact) mass is 349 g/mol. The highest BCUT2D eigenvalue weighted by Gasteiger charge is 2.15. The molecule has 2 aromatic rings. The van der Waals surface area contributed by atoms with Crippen molar-refractivity contribution >= 4 is 15.9 Å². The number of ether oxygens (including phenoxy) is 2. The fourth-order valence-electron chi connectivity index (χ4n) is 2.28. The molecule has 0 saturated heterocycles. The minimum Gasteiger partial charge on any atom is -0.497 e. The Bertz CT molecular complexity index is 562. The van der Waals surface area contributed by atoms with Crippen LogP contribution in [0.4, 0.5) is 0 Å². The van der Waals surface area contributed by atoms with Gasteiger partial charge in [-0.15, -0.1) is 0 Å². The van der Waals surface area contributed by atoms with Crippen molar-refractivity contribution in [2.24, 2.45) is 0 Å². The Morgan fingerprint density at radius 3 is 2.00 bits per heavy atom. The first kappa shape index (κ1) is 15.9. The van der Waals surface area contributed by atoms with E-state index in [0.29, 0.717) is 0 Å². The Balaban J connectivity index is 2.44. The van der Waals surface area contributed by atoms with E-state index in [2.05, 4.69) is 52.4 Å². The molecule has 0 radical (unpaired) electrons. The molecule has 0 fully saturated rings. The van der Waals surface area contributed by atoms with Gasteiger partial charge in [-0.1, -0.05) is 35.0 Å². The summed E-state index contributed by atoms with van der Waals surface area (Å²) in [6, 6.07) is 14.4. The zero-order valence-electron chi connectivity index (χ0n) is 12.5. The highest BCUT2D eigenvalue weighted by molar-refractivity contribution is 9.10. The second kappa shape index (κ2) is 7.48. The predicted molar refractivity (Wildman–Crippen MR) is 89.2 cm³/mol. The smallest absolute Gasteiger partial charge is 0.122 e. The molecule has 4 heteroatoms. The van der Waals surface area contributed by atoms with Crippen LogP contribution in [0, 0.1) is 0 Å². The Hall–Kier alpha value is -1.52. The number of hydrogen-bond donors (Lipinski definition) is 1. The summed E-state index contributed by atoms with van der Waals surface area (Å²) in [5.74, 6) is 1.59. The summed E-state index contributed by atoms with van der Waals surface area (Å²) < 4.78 is 11.8. The van der Waals surface area contributed by atoms with Crippen LogP contribution in [0.2, 0.25) is 0 Å². The lowest BCUT2D eigenvalue weighted by Crippen LogP contribution is -2.22. The molecular formula is C17H20BrNO2. The Labute approximate surface area is 134 Å². The number of halogens is 1. The molecular weight excluding hydrogens is 330 g/mol. The van der Waals surface area contributed by atoms with Crippen molar-refractivity contribution in [2.45, 2.75) is 13.0 Å². The summed E-state index contributed by atoms with van der Waals surface area (Å²) in [6.07, 6.45) is 0. The second-order valence-electron chi connectivity index (χ2n) is 4.69. The van der Waals surface area contributed by atoms with Gasteiger partial charge in [-0.2, -0.15) is 0 Å². The first-order valence-electron chi connectivity index (χ1n) is 6.89. The van der Waals surface area contributed by atoms with E-state index in [4.69, 9.17) is 9.47 Å². The lowest BCUT2D eigenvalue weighted by molar-refractivity contribution is 0.392. The summed E-state index contributed by atoms with van der Waals surface area (Å²) >= 11 is 3.48. The molecule has 0 bridgehead atoms. The molecule has 0 aromatic heterocycles. The molecule has 1 atom stereocenters. The van der Waals surface area contributed by atoms with Crippen molar-refractivity contribution in [3.05, 3.63) is 58.1 Å². The van der Waals surface area contributed by atoms with Gasteiger partial charge >= 0.3 is 0 Å². The molecule has 0 aliphatic heterocycles. The number of rotatable bonds is 6. The van der Waals surface area contributed by atoms with Crippen LogP contribution in [0.15, 0.2) is 46.9 Å². The van der Waals surface area contributed by atoms with Gasteiger partial charge in [0.2, 0.25) is 0 Å². The standard InChI is InChI=1S/C17H20BrNO2/c1-4-19-17(12-5-7-14(18)8-6-12)13-9-15(20-2)11-16(10-13)21-3/h5-11,17,19H,4H2,1-3H3. The van der Waals surface area contributed by atoms with E-state index in [1.807, 2.05) is 18.2 Å². The van der Waals surface area contributed by atoms with Gasteiger partial charge in [-0.3, -0.25) is 0 Å². The fourth-order valence-corrected chi connectivity index (χ4v) is 2.55. The van der Waals surface area contributed by atoms with Gasteiger partial charge in [0.05, 0.1) is 20.3 Å². The minimum absolute atomic E-state index is 0.104. The molecule has 21 heavy (non-hydrogen) atoms. The Morgan fingerprint density at radius 1 is 0.952 bits per heavy atom. The lowest BCUT2D eigenvalue weighted by Gasteiger charge is -2.20. The van der Waals surface area contributed by atoms with E-state index in [-0.39, 0.29) is 6.04 Å². The van der Waals surface area contributed by atoms with Crippen molar-refractivity contribution in [2.75, 3.05) is 20.8 Å². The third-order valence-corrected chi connectivity index (χ3v) is 3.85. The zero-order chi connectivity index (χ0) is 15.2. The molecule has 0 saturated carbocycles. The maximum atomic E-state index is 5.37. The largest absolute Gasteiger partial charge is 0.497 e. The van der Waals surface area contributed by atoms with Gasteiger partial charge in [0, 0.05) is 10.5 Å². The van der Waals surface area contributed by atoms with Crippen molar-refractivity contribution in [3.8, 4) is 11.5 Å². The highest BCUT2D eigenvalue weighted by atomic mass is 79.9. The fraction of sp³-hybridized carbons (Fsp3) is 0.294. The molecule has 1 unspecified atom stereocenters. The third-order valence-electron chi connectivity index (χ3n) is 3.32. The van der Waals surface area contributed by atoms with Gasteiger partial charge in [-0.25, -0.2) is 0 Å². The second-order valence-corrected chi connectivity index (χ2v) is 5.60. The number of nitrogens with one attached hydrogen (secondary N) is 1. The third kappa shape index (κ3) is 3.99. The minimum atomic E-state index is 0.104. The molecule has 0 spiro atoms. The topological polar surface area (TPSA) is 30.5 Å². The Kier molecular flexibility index (Phi) is 5.65. The predicted octanol–water partition coefficient (Wildman–Crippen LogP) is 4.17. The maximum absolute atomic E-state index is 5.37. The van der Waals surface area contributed by atoms with Crippen LogP contribution < -0.4 is 14.8 Å². The lowest BCUT2D eigenvalue weighted by atomic mass is 9.98. The van der Waals surface area contributed by atoms with Crippen LogP contribution in [0.5, 0.6) is 11.5 Å². The van der Waals surface area contributed by atoms with Crippen LogP contribution >= 0.6 is 15.9 Å². The average Bonchev–Trinajstić information content (AvgIpc) is 2.53. The zero-order valence-corrected chi connectivity index (χ0v) is 14.1. The molecule has 3 nitrogen and oxygen atoms in total. The molecule has 0 heterocycles. The van der Waals surface area contributed by atoms with Crippen LogP contribution in [-0.2, 0) is 0 Å². The van der Waals surface area contributed by atoms with Crippen LogP contribution in [-0.4, -0.2) is 20.8 Å². The molecule has 112 valence electrons. The van der Waals surface area contributed by atoms with Crippen molar-refractivity contribution in [3.63, 3.8) is 0 Å². The quantitative estimate of drug-likeness (QED) is 0.848. The summed E-state index contributed by atoms with van der Waals surface area (Å²) in [5, 5.41) is 3.51. The van der Waals surface area contributed by atoms with Crippen LogP contribution in [0.1, 0.15) is 24.1 Å². The highest BCUT2D eigenvalue weighted by Crippen LogP contribution is 2.30. The van der Waals surface area contributed by atoms with E-state index >= 15 is 0 Å². The maximum Gasteiger partial charge on any atom is 0.122 e. The first-order chi connectivity index (χ1) is 10.2. The summed E-state index contributed by atoms with van der Waals surface area (Å²) in [4.78, 5) is 0. The SMILES string of the molecule is CCNC(c1ccc(Br)cc1)c1cc(OC)cc(OC)c1. The van der Waals surface area contributed by atoms with Crippen LogP contribution in [0.25, 0.3) is 0 Å². The van der Waals surface area contributed by atoms with E-state index in [9.17, 15) is 0 Å². The molecule has 0 aliphatic carbocycles. The van der Waals surface area contributed by atoms with Crippen LogP contribution in [0.3, 0.4) is 0 Å². The van der Waals surface area contributed by atoms with Gasteiger partial charge < -0.3 is 14.8 Å². The van der Waals surface area contributed by atoms with Crippen molar-refractivity contribution in [1.82, 2.24) is 5.32 Å². The van der Waals surface area contributed by atoms with Gasteiger partial charge in [0.25, 0.3) is 0 Å². The normalized spacial score (nSPS) is 12.0. The molecule has 0 amide bonds. The van der Waals surface area contributed by atoms with E-state index in [1.165, 1.54) is 5.56 Å². The summed E-state index contributed by atoms with van der Waals surface area (Å²) in [7, 11) is 3.33. The average molecular weight is 350 g/mol.